The summed E-state index contributed by atoms with van der Waals surface area (Å²) in [5.74, 6) is -0.165. The Balaban J connectivity index is 0.00000312. The van der Waals surface area contributed by atoms with E-state index in [1.807, 2.05) is 6.92 Å². The van der Waals surface area contributed by atoms with Gasteiger partial charge in [0, 0.05) is 26.2 Å². The first-order chi connectivity index (χ1) is 11.4. The highest BCUT2D eigenvalue weighted by Crippen LogP contribution is 2.31. The first-order valence-corrected chi connectivity index (χ1v) is 9.47. The highest BCUT2D eigenvalue weighted by atomic mass is 35.5. The van der Waals surface area contributed by atoms with E-state index in [1.54, 1.807) is 0 Å². The standard InChI is InChI=1S/C16H25FN2O4S.ClH/c1-12(18)13-5-7-19(8-6-13)24(20,21)16-11-14(17)3-4-15(16)23-10-9-22-2;/h3-4,11-13H,5-10,18H2,1-2H3;1H. The van der Waals surface area contributed by atoms with Gasteiger partial charge in [0.05, 0.1) is 6.61 Å². The molecule has 0 spiro atoms. The van der Waals surface area contributed by atoms with Crippen molar-refractivity contribution in [2.45, 2.75) is 30.7 Å². The molecule has 9 heteroatoms. The van der Waals surface area contributed by atoms with Gasteiger partial charge in [-0.2, -0.15) is 4.31 Å². The number of sulfonamides is 1. The maximum atomic E-state index is 13.6. The molecule has 0 bridgehead atoms. The Hall–Kier alpha value is -0.930. The second kappa shape index (κ2) is 9.68. The molecule has 0 aliphatic carbocycles. The fraction of sp³-hybridized carbons (Fsp3) is 0.625. The van der Waals surface area contributed by atoms with Crippen LogP contribution in [0.2, 0.25) is 0 Å². The number of benzene rings is 1. The quantitative estimate of drug-likeness (QED) is 0.713. The monoisotopic (exact) mass is 396 g/mol. The molecule has 0 saturated carbocycles. The Labute approximate surface area is 154 Å². The van der Waals surface area contributed by atoms with E-state index in [0.717, 1.165) is 6.07 Å². The molecule has 1 heterocycles. The summed E-state index contributed by atoms with van der Waals surface area (Å²) in [6, 6.07) is 3.57. The molecule has 2 rings (SSSR count). The van der Waals surface area contributed by atoms with Crippen molar-refractivity contribution in [1.29, 1.82) is 0 Å². The lowest BCUT2D eigenvalue weighted by Crippen LogP contribution is -2.42. The Morgan fingerprint density at radius 2 is 1.96 bits per heavy atom. The zero-order valence-electron chi connectivity index (χ0n) is 14.5. The number of ether oxygens (including phenoxy) is 2. The van der Waals surface area contributed by atoms with E-state index < -0.39 is 15.8 Å². The van der Waals surface area contributed by atoms with Crippen LogP contribution in [0.1, 0.15) is 19.8 Å². The van der Waals surface area contributed by atoms with E-state index >= 15 is 0 Å². The highest BCUT2D eigenvalue weighted by molar-refractivity contribution is 7.89. The van der Waals surface area contributed by atoms with Gasteiger partial charge in [-0.05, 0) is 43.9 Å². The normalized spacial score (nSPS) is 17.8. The van der Waals surface area contributed by atoms with Crippen LogP contribution >= 0.6 is 12.4 Å². The lowest BCUT2D eigenvalue weighted by molar-refractivity contribution is 0.144. The summed E-state index contributed by atoms with van der Waals surface area (Å²) < 4.78 is 51.1. The van der Waals surface area contributed by atoms with Crippen LogP contribution in [0.3, 0.4) is 0 Å². The number of halogens is 2. The summed E-state index contributed by atoms with van der Waals surface area (Å²) in [5, 5.41) is 0. The topological polar surface area (TPSA) is 81.9 Å². The molecule has 1 aromatic carbocycles. The number of nitrogens with two attached hydrogens (primary N) is 1. The molecule has 1 aliphatic rings. The summed E-state index contributed by atoms with van der Waals surface area (Å²) in [6.07, 6.45) is 1.40. The Bertz CT molecular complexity index is 650. The van der Waals surface area contributed by atoms with E-state index in [1.165, 1.54) is 23.5 Å². The SMILES string of the molecule is COCCOc1ccc(F)cc1S(=O)(=O)N1CCC(C(C)N)CC1.Cl. The molecule has 1 saturated heterocycles. The van der Waals surface area contributed by atoms with Crippen LogP contribution in [0.15, 0.2) is 23.1 Å². The maximum Gasteiger partial charge on any atom is 0.246 e. The molecule has 1 atom stereocenters. The summed E-state index contributed by atoms with van der Waals surface area (Å²) in [5.41, 5.74) is 5.90. The van der Waals surface area contributed by atoms with Gasteiger partial charge in [0.1, 0.15) is 23.1 Å². The third-order valence-corrected chi connectivity index (χ3v) is 6.23. The fourth-order valence-electron chi connectivity index (χ4n) is 2.82. The van der Waals surface area contributed by atoms with Crippen molar-refractivity contribution < 1.29 is 22.3 Å². The van der Waals surface area contributed by atoms with Crippen LogP contribution in [0.5, 0.6) is 5.75 Å². The van der Waals surface area contributed by atoms with Crippen molar-refractivity contribution in [2.24, 2.45) is 11.7 Å². The molecule has 2 N–H and O–H groups in total. The van der Waals surface area contributed by atoms with Crippen molar-refractivity contribution in [3.05, 3.63) is 24.0 Å². The summed E-state index contributed by atoms with van der Waals surface area (Å²) >= 11 is 0. The first kappa shape index (κ1) is 22.1. The average molecular weight is 397 g/mol. The van der Waals surface area contributed by atoms with Crippen LogP contribution < -0.4 is 10.5 Å². The molecular weight excluding hydrogens is 371 g/mol. The van der Waals surface area contributed by atoms with E-state index in [2.05, 4.69) is 0 Å². The number of hydrogen-bond acceptors (Lipinski definition) is 5. The van der Waals surface area contributed by atoms with Crippen LogP contribution in [-0.4, -0.2) is 52.2 Å². The van der Waals surface area contributed by atoms with Gasteiger partial charge in [-0.15, -0.1) is 12.4 Å². The Morgan fingerprint density at radius 1 is 1.32 bits per heavy atom. The van der Waals surface area contributed by atoms with Crippen molar-refractivity contribution in [1.82, 2.24) is 4.31 Å². The number of piperidine rings is 1. The molecule has 0 radical (unpaired) electrons. The van der Waals surface area contributed by atoms with E-state index in [9.17, 15) is 12.8 Å². The number of methoxy groups -OCH3 is 1. The molecule has 25 heavy (non-hydrogen) atoms. The second-order valence-corrected chi connectivity index (χ2v) is 7.94. The summed E-state index contributed by atoms with van der Waals surface area (Å²) in [6.45, 7) is 3.20. The smallest absolute Gasteiger partial charge is 0.246 e. The van der Waals surface area contributed by atoms with Gasteiger partial charge in [-0.1, -0.05) is 0 Å². The predicted molar refractivity (Wildman–Crippen MR) is 96.2 cm³/mol. The summed E-state index contributed by atoms with van der Waals surface area (Å²) in [7, 11) is -2.29. The lowest BCUT2D eigenvalue weighted by atomic mass is 9.92. The van der Waals surface area contributed by atoms with Crippen LogP contribution in [0, 0.1) is 11.7 Å². The third-order valence-electron chi connectivity index (χ3n) is 4.31. The van der Waals surface area contributed by atoms with Gasteiger partial charge in [0.15, 0.2) is 0 Å². The fourth-order valence-corrected chi connectivity index (χ4v) is 4.43. The van der Waals surface area contributed by atoms with Crippen molar-refractivity contribution in [3.63, 3.8) is 0 Å². The minimum Gasteiger partial charge on any atom is -0.490 e. The first-order valence-electron chi connectivity index (χ1n) is 8.03. The molecule has 144 valence electrons. The highest BCUT2D eigenvalue weighted by Gasteiger charge is 2.32. The van der Waals surface area contributed by atoms with Gasteiger partial charge in [-0.3, -0.25) is 0 Å². The molecule has 0 aromatic heterocycles. The Morgan fingerprint density at radius 3 is 2.52 bits per heavy atom. The molecule has 1 aliphatic heterocycles. The van der Waals surface area contributed by atoms with Crippen molar-refractivity contribution >= 4 is 22.4 Å². The van der Waals surface area contributed by atoms with Crippen LogP contribution in [0.4, 0.5) is 4.39 Å². The molecular formula is C16H26ClFN2O4S. The third kappa shape index (κ3) is 5.52. The lowest BCUT2D eigenvalue weighted by Gasteiger charge is -2.33. The molecule has 6 nitrogen and oxygen atoms in total. The zero-order valence-corrected chi connectivity index (χ0v) is 16.1. The van der Waals surface area contributed by atoms with E-state index in [4.69, 9.17) is 15.2 Å². The average Bonchev–Trinajstić information content (AvgIpc) is 2.56. The van der Waals surface area contributed by atoms with Crippen molar-refractivity contribution in [3.8, 4) is 5.75 Å². The van der Waals surface area contributed by atoms with Gasteiger partial charge in [0.25, 0.3) is 0 Å². The van der Waals surface area contributed by atoms with Crippen LogP contribution in [-0.2, 0) is 14.8 Å². The maximum absolute atomic E-state index is 13.6. The van der Waals surface area contributed by atoms with Crippen LogP contribution in [0.25, 0.3) is 0 Å². The van der Waals surface area contributed by atoms with E-state index in [-0.39, 0.29) is 35.7 Å². The van der Waals surface area contributed by atoms with Crippen molar-refractivity contribution in [2.75, 3.05) is 33.4 Å². The molecule has 1 fully saturated rings. The number of hydrogen-bond donors (Lipinski definition) is 1. The number of rotatable bonds is 7. The van der Waals surface area contributed by atoms with Gasteiger partial charge in [0.2, 0.25) is 10.0 Å². The minimum atomic E-state index is -3.81. The molecule has 0 amide bonds. The predicted octanol–water partition coefficient (Wildman–Crippen LogP) is 2.02. The van der Waals surface area contributed by atoms with Gasteiger partial charge in [-0.25, -0.2) is 12.8 Å². The Kier molecular flexibility index (Phi) is 8.56. The second-order valence-electron chi connectivity index (χ2n) is 6.03. The summed E-state index contributed by atoms with van der Waals surface area (Å²) in [4.78, 5) is -0.141. The van der Waals surface area contributed by atoms with Gasteiger partial charge >= 0.3 is 0 Å². The van der Waals surface area contributed by atoms with E-state index in [0.29, 0.717) is 38.5 Å². The van der Waals surface area contributed by atoms with Gasteiger partial charge < -0.3 is 15.2 Å². The largest absolute Gasteiger partial charge is 0.490 e. The molecule has 1 unspecified atom stereocenters. The zero-order chi connectivity index (χ0) is 17.7. The molecule has 1 aromatic rings. The number of nitrogens with zero attached hydrogens (tertiary/aromatic N) is 1. The minimum absolute atomic E-state index is 0.